The molecule has 2 heterocycles. The number of nitrogens with zero attached hydrogens (tertiary/aromatic N) is 4. The van der Waals surface area contributed by atoms with Crippen LogP contribution in [0.5, 0.6) is 0 Å². The number of hydrogen-bond acceptors (Lipinski definition) is 4. The van der Waals surface area contributed by atoms with E-state index in [-0.39, 0.29) is 0 Å². The molecule has 0 bridgehead atoms. The van der Waals surface area contributed by atoms with Crippen LogP contribution in [0.15, 0.2) is 47.6 Å². The first-order chi connectivity index (χ1) is 13.2. The van der Waals surface area contributed by atoms with Gasteiger partial charge in [0, 0.05) is 50.3 Å². The number of aromatic nitrogens is 1. The van der Waals surface area contributed by atoms with Crippen LogP contribution in [0.25, 0.3) is 6.08 Å². The Morgan fingerprint density at radius 2 is 2.00 bits per heavy atom. The molecule has 0 radical (unpaired) electrons. The SMILES string of the molecule is CCNC(=NCc1cnc(C)s1)N1CCN(C/C=C/c2ccccc2)CC1. The Bertz CT molecular complexity index is 745. The summed E-state index contributed by atoms with van der Waals surface area (Å²) < 4.78 is 0. The molecule has 0 aliphatic carbocycles. The largest absolute Gasteiger partial charge is 0.357 e. The molecule has 1 aromatic carbocycles. The Kier molecular flexibility index (Phi) is 7.42. The summed E-state index contributed by atoms with van der Waals surface area (Å²) >= 11 is 1.72. The molecule has 144 valence electrons. The van der Waals surface area contributed by atoms with Gasteiger partial charge in [0.1, 0.15) is 0 Å². The Morgan fingerprint density at radius 1 is 1.22 bits per heavy atom. The lowest BCUT2D eigenvalue weighted by atomic mass is 10.2. The second kappa shape index (κ2) is 10.2. The van der Waals surface area contributed by atoms with Gasteiger partial charge in [-0.3, -0.25) is 4.90 Å². The second-order valence-electron chi connectivity index (χ2n) is 6.62. The smallest absolute Gasteiger partial charge is 0.194 e. The summed E-state index contributed by atoms with van der Waals surface area (Å²) in [6.07, 6.45) is 6.40. The van der Waals surface area contributed by atoms with Crippen molar-refractivity contribution < 1.29 is 0 Å². The van der Waals surface area contributed by atoms with Crippen LogP contribution in [0, 0.1) is 6.92 Å². The maximum atomic E-state index is 4.82. The predicted molar refractivity (Wildman–Crippen MR) is 115 cm³/mol. The molecule has 1 aliphatic rings. The van der Waals surface area contributed by atoms with Crippen molar-refractivity contribution in [1.82, 2.24) is 20.1 Å². The van der Waals surface area contributed by atoms with Gasteiger partial charge in [-0.15, -0.1) is 11.3 Å². The van der Waals surface area contributed by atoms with Gasteiger partial charge in [-0.25, -0.2) is 9.98 Å². The minimum atomic E-state index is 0.702. The van der Waals surface area contributed by atoms with Crippen molar-refractivity contribution in [3.63, 3.8) is 0 Å². The third-order valence-corrected chi connectivity index (χ3v) is 5.43. The van der Waals surface area contributed by atoms with Crippen LogP contribution in [0.1, 0.15) is 22.4 Å². The van der Waals surface area contributed by atoms with Gasteiger partial charge < -0.3 is 10.2 Å². The van der Waals surface area contributed by atoms with E-state index in [1.54, 1.807) is 11.3 Å². The molecule has 1 aromatic heterocycles. The lowest BCUT2D eigenvalue weighted by molar-refractivity contribution is 0.194. The van der Waals surface area contributed by atoms with Gasteiger partial charge in [0.05, 0.1) is 11.6 Å². The number of rotatable bonds is 6. The highest BCUT2D eigenvalue weighted by atomic mass is 32.1. The van der Waals surface area contributed by atoms with E-state index in [1.165, 1.54) is 10.4 Å². The Balaban J connectivity index is 1.49. The maximum Gasteiger partial charge on any atom is 0.194 e. The molecule has 5 nitrogen and oxygen atoms in total. The van der Waals surface area contributed by atoms with Crippen LogP contribution in [0.2, 0.25) is 0 Å². The van der Waals surface area contributed by atoms with E-state index >= 15 is 0 Å². The molecule has 0 spiro atoms. The molecule has 27 heavy (non-hydrogen) atoms. The van der Waals surface area contributed by atoms with Crippen molar-refractivity contribution in [1.29, 1.82) is 0 Å². The highest BCUT2D eigenvalue weighted by Gasteiger charge is 2.18. The number of hydrogen-bond donors (Lipinski definition) is 1. The summed E-state index contributed by atoms with van der Waals surface area (Å²) in [4.78, 5) is 15.2. The quantitative estimate of drug-likeness (QED) is 0.614. The van der Waals surface area contributed by atoms with Crippen molar-refractivity contribution in [2.24, 2.45) is 4.99 Å². The highest BCUT2D eigenvalue weighted by Crippen LogP contribution is 2.13. The van der Waals surface area contributed by atoms with Gasteiger partial charge in [-0.1, -0.05) is 42.5 Å². The normalized spacial score (nSPS) is 16.2. The fourth-order valence-electron chi connectivity index (χ4n) is 3.10. The van der Waals surface area contributed by atoms with Crippen LogP contribution >= 0.6 is 11.3 Å². The summed E-state index contributed by atoms with van der Waals surface area (Å²) in [5, 5.41) is 4.54. The Morgan fingerprint density at radius 3 is 2.67 bits per heavy atom. The molecule has 0 atom stereocenters. The zero-order valence-electron chi connectivity index (χ0n) is 16.3. The van der Waals surface area contributed by atoms with E-state index in [9.17, 15) is 0 Å². The predicted octanol–water partition coefficient (Wildman–Crippen LogP) is 3.25. The van der Waals surface area contributed by atoms with Crippen LogP contribution in [0.4, 0.5) is 0 Å². The number of thiazole rings is 1. The van der Waals surface area contributed by atoms with Gasteiger partial charge in [0.15, 0.2) is 5.96 Å². The number of guanidine groups is 1. The van der Waals surface area contributed by atoms with E-state index in [0.29, 0.717) is 6.54 Å². The summed E-state index contributed by atoms with van der Waals surface area (Å²) in [5.74, 6) is 1.02. The summed E-state index contributed by atoms with van der Waals surface area (Å²) in [6, 6.07) is 10.5. The Hall–Kier alpha value is -2.18. The topological polar surface area (TPSA) is 43.8 Å². The first-order valence-corrected chi connectivity index (χ1v) is 10.4. The van der Waals surface area contributed by atoms with Gasteiger partial charge in [0.25, 0.3) is 0 Å². The van der Waals surface area contributed by atoms with E-state index in [2.05, 4.69) is 69.5 Å². The average molecular weight is 384 g/mol. The molecule has 3 rings (SSSR count). The third-order valence-electron chi connectivity index (χ3n) is 4.53. The first kappa shape index (κ1) is 19.6. The van der Waals surface area contributed by atoms with Crippen LogP contribution < -0.4 is 5.32 Å². The number of benzene rings is 1. The van der Waals surface area contributed by atoms with Gasteiger partial charge in [0.2, 0.25) is 0 Å². The van der Waals surface area contributed by atoms with Crippen molar-refractivity contribution in [2.75, 3.05) is 39.3 Å². The van der Waals surface area contributed by atoms with Gasteiger partial charge in [-0.2, -0.15) is 0 Å². The Labute approximate surface area is 166 Å². The molecule has 1 aliphatic heterocycles. The lowest BCUT2D eigenvalue weighted by Gasteiger charge is -2.36. The second-order valence-corrected chi connectivity index (χ2v) is 7.94. The van der Waals surface area contributed by atoms with Crippen LogP contribution in [-0.4, -0.2) is 60.0 Å². The van der Waals surface area contributed by atoms with Crippen LogP contribution in [0.3, 0.4) is 0 Å². The number of aliphatic imine (C=N–C) groups is 1. The van der Waals surface area contributed by atoms with Gasteiger partial charge >= 0.3 is 0 Å². The fraction of sp³-hybridized carbons (Fsp3) is 0.429. The number of piperazine rings is 1. The summed E-state index contributed by atoms with van der Waals surface area (Å²) in [7, 11) is 0. The van der Waals surface area contributed by atoms with Gasteiger partial charge in [-0.05, 0) is 19.4 Å². The molecule has 1 saturated heterocycles. The van der Waals surface area contributed by atoms with Crippen molar-refractivity contribution in [3.8, 4) is 0 Å². The molecule has 1 N–H and O–H groups in total. The first-order valence-electron chi connectivity index (χ1n) is 9.63. The van der Waals surface area contributed by atoms with E-state index in [1.807, 2.05) is 13.1 Å². The van der Waals surface area contributed by atoms with E-state index in [4.69, 9.17) is 4.99 Å². The summed E-state index contributed by atoms with van der Waals surface area (Å²) in [5.41, 5.74) is 1.26. The third kappa shape index (κ3) is 6.19. The van der Waals surface area contributed by atoms with Crippen molar-refractivity contribution in [3.05, 3.63) is 58.1 Å². The number of aryl methyl sites for hydroxylation is 1. The number of nitrogens with one attached hydrogen (secondary N) is 1. The van der Waals surface area contributed by atoms with E-state index in [0.717, 1.165) is 50.2 Å². The fourth-order valence-corrected chi connectivity index (χ4v) is 3.82. The zero-order valence-corrected chi connectivity index (χ0v) is 17.1. The molecule has 0 unspecified atom stereocenters. The molecule has 1 fully saturated rings. The monoisotopic (exact) mass is 383 g/mol. The molecule has 0 saturated carbocycles. The molecule has 0 amide bonds. The molecular formula is C21H29N5S. The standard InChI is InChI=1S/C21H29N5S/c1-3-22-21(24-17-20-16-23-18(2)27-20)26-14-12-25(13-15-26)11-7-10-19-8-5-4-6-9-19/h4-10,16H,3,11-15,17H2,1-2H3,(H,22,24)/b10-7+. The summed E-state index contributed by atoms with van der Waals surface area (Å²) in [6.45, 7) is 10.9. The van der Waals surface area contributed by atoms with Crippen molar-refractivity contribution in [2.45, 2.75) is 20.4 Å². The van der Waals surface area contributed by atoms with E-state index < -0.39 is 0 Å². The lowest BCUT2D eigenvalue weighted by Crippen LogP contribution is -2.52. The molecular weight excluding hydrogens is 354 g/mol. The van der Waals surface area contributed by atoms with Crippen molar-refractivity contribution >= 4 is 23.4 Å². The maximum absolute atomic E-state index is 4.82. The zero-order chi connectivity index (χ0) is 18.9. The molecule has 6 heteroatoms. The average Bonchev–Trinajstić information content (AvgIpc) is 3.12. The minimum absolute atomic E-state index is 0.702. The van der Waals surface area contributed by atoms with Crippen LogP contribution in [-0.2, 0) is 6.54 Å². The minimum Gasteiger partial charge on any atom is -0.357 e. The molecule has 2 aromatic rings. The highest BCUT2D eigenvalue weighted by molar-refractivity contribution is 7.11.